The van der Waals surface area contributed by atoms with Crippen LogP contribution in [0, 0.1) is 0 Å². The molecule has 3 heteroatoms. The maximum atomic E-state index is 2.45. The Bertz CT molecular complexity index is 2800. The summed E-state index contributed by atoms with van der Waals surface area (Å²) in [4.78, 5) is 2.45. The van der Waals surface area contributed by atoms with Gasteiger partial charge in [0.1, 0.15) is 0 Å². The SMILES string of the molecule is c1ccc(-c2ccc3sc4ccc(N(c5ccc([Si](c6ccccc6)(c6ccccc6)c6ccccc6)cc5)c5cccc6ccccc56)cc4c3c2)cc1. The van der Waals surface area contributed by atoms with Crippen molar-refractivity contribution in [2.75, 3.05) is 4.90 Å². The van der Waals surface area contributed by atoms with Gasteiger partial charge in [0, 0.05) is 36.9 Å². The second-order valence-corrected chi connectivity index (χ2v) is 19.0. The fourth-order valence-electron chi connectivity index (χ4n) is 8.47. The van der Waals surface area contributed by atoms with Crippen LogP contribution in [-0.4, -0.2) is 8.07 Å². The van der Waals surface area contributed by atoms with Gasteiger partial charge in [-0.05, 0) is 85.8 Å². The molecule has 1 heterocycles. The lowest BCUT2D eigenvalue weighted by Gasteiger charge is -2.35. The molecule has 10 rings (SSSR count). The molecule has 0 N–H and O–H groups in total. The van der Waals surface area contributed by atoms with Gasteiger partial charge >= 0.3 is 0 Å². The summed E-state index contributed by atoms with van der Waals surface area (Å²) in [6, 6.07) is 82.9. The minimum absolute atomic E-state index is 1.13. The summed E-state index contributed by atoms with van der Waals surface area (Å²) in [6.07, 6.45) is 0. The monoisotopic (exact) mass is 735 g/mol. The Morgan fingerprint density at radius 3 is 1.45 bits per heavy atom. The summed E-state index contributed by atoms with van der Waals surface area (Å²) >= 11 is 1.86. The molecule has 1 aromatic heterocycles. The predicted octanol–water partition coefficient (Wildman–Crippen LogP) is 11.7. The average molecular weight is 736 g/mol. The molecule has 55 heavy (non-hydrogen) atoms. The molecule has 0 unspecified atom stereocenters. The van der Waals surface area contributed by atoms with E-state index in [4.69, 9.17) is 0 Å². The van der Waals surface area contributed by atoms with Crippen LogP contribution in [0.3, 0.4) is 0 Å². The Labute approximate surface area is 327 Å². The van der Waals surface area contributed by atoms with Crippen LogP contribution in [-0.2, 0) is 0 Å². The van der Waals surface area contributed by atoms with Crippen molar-refractivity contribution in [3.05, 3.63) is 224 Å². The molecule has 0 saturated heterocycles. The van der Waals surface area contributed by atoms with Crippen LogP contribution in [0.15, 0.2) is 224 Å². The van der Waals surface area contributed by atoms with Crippen LogP contribution in [0.2, 0.25) is 0 Å². The highest BCUT2D eigenvalue weighted by atomic mass is 32.1. The summed E-state index contributed by atoms with van der Waals surface area (Å²) in [5.41, 5.74) is 5.90. The maximum Gasteiger partial charge on any atom is 0.179 e. The van der Waals surface area contributed by atoms with Gasteiger partial charge in [0.05, 0.1) is 5.69 Å². The normalized spacial score (nSPS) is 11.6. The van der Waals surface area contributed by atoms with Crippen molar-refractivity contribution in [3.8, 4) is 11.1 Å². The van der Waals surface area contributed by atoms with E-state index >= 15 is 0 Å². The number of benzene rings is 9. The third-order valence-corrected chi connectivity index (χ3v) is 17.0. The van der Waals surface area contributed by atoms with E-state index in [1.807, 2.05) is 11.3 Å². The molecule has 0 aliphatic carbocycles. The Morgan fingerprint density at radius 2 is 0.818 bits per heavy atom. The zero-order valence-corrected chi connectivity index (χ0v) is 32.0. The van der Waals surface area contributed by atoms with E-state index in [9.17, 15) is 0 Å². The zero-order chi connectivity index (χ0) is 36.6. The minimum atomic E-state index is -2.67. The standard InChI is InChI=1S/C52H37NSSi/c1-5-16-38(17-6-1)40-28-34-51-48(36-40)49-37-42(31-35-52(49)54-51)53(50-27-15-19-39-18-13-14-26-47(39)50)41-29-32-46(33-30-41)55(43-20-7-2-8-21-43,44-22-9-3-10-23-44)45-24-11-4-12-25-45/h1-37H. The van der Waals surface area contributed by atoms with Crippen molar-refractivity contribution >= 4 is 88.2 Å². The first-order chi connectivity index (χ1) is 27.3. The van der Waals surface area contributed by atoms with Crippen molar-refractivity contribution < 1.29 is 0 Å². The highest BCUT2D eigenvalue weighted by molar-refractivity contribution is 7.25. The van der Waals surface area contributed by atoms with E-state index in [0.717, 1.165) is 17.1 Å². The molecule has 1 nitrogen and oxygen atoms in total. The first-order valence-corrected chi connectivity index (χ1v) is 21.7. The summed E-state index contributed by atoms with van der Waals surface area (Å²) in [5.74, 6) is 0. The fourth-order valence-corrected chi connectivity index (χ4v) is 14.3. The number of hydrogen-bond donors (Lipinski definition) is 0. The number of fused-ring (bicyclic) bond motifs is 4. The molecule has 10 aromatic rings. The second-order valence-electron chi connectivity index (χ2n) is 14.1. The largest absolute Gasteiger partial charge is 0.310 e. The topological polar surface area (TPSA) is 3.24 Å². The molecular formula is C52H37NSSi. The predicted molar refractivity (Wildman–Crippen MR) is 241 cm³/mol. The fraction of sp³-hybridized carbons (Fsp3) is 0. The molecule has 0 spiro atoms. The summed E-state index contributed by atoms with van der Waals surface area (Å²) in [6.45, 7) is 0. The van der Waals surface area contributed by atoms with E-state index < -0.39 is 8.07 Å². The highest BCUT2D eigenvalue weighted by Crippen LogP contribution is 2.43. The molecule has 0 radical (unpaired) electrons. The van der Waals surface area contributed by atoms with Gasteiger partial charge in [-0.1, -0.05) is 176 Å². The Hall–Kier alpha value is -6.52. The molecule has 0 amide bonds. The smallest absolute Gasteiger partial charge is 0.179 e. The molecular weight excluding hydrogens is 699 g/mol. The minimum Gasteiger partial charge on any atom is -0.310 e. The van der Waals surface area contributed by atoms with Gasteiger partial charge in [0.25, 0.3) is 0 Å². The number of rotatable bonds is 8. The van der Waals surface area contributed by atoms with Crippen LogP contribution in [0.5, 0.6) is 0 Å². The van der Waals surface area contributed by atoms with Crippen LogP contribution in [0.4, 0.5) is 17.1 Å². The number of thiophene rings is 1. The van der Waals surface area contributed by atoms with Crippen molar-refractivity contribution in [3.63, 3.8) is 0 Å². The van der Waals surface area contributed by atoms with Gasteiger partial charge < -0.3 is 4.90 Å². The lowest BCUT2D eigenvalue weighted by atomic mass is 10.0. The van der Waals surface area contributed by atoms with E-state index in [1.165, 1.54) is 62.8 Å². The zero-order valence-electron chi connectivity index (χ0n) is 30.2. The second kappa shape index (κ2) is 14.0. The average Bonchev–Trinajstić information content (AvgIpc) is 3.63. The Balaban J connectivity index is 1.18. The van der Waals surface area contributed by atoms with E-state index in [-0.39, 0.29) is 0 Å². The third-order valence-electron chi connectivity index (χ3n) is 11.0. The maximum absolute atomic E-state index is 2.67. The van der Waals surface area contributed by atoms with Crippen molar-refractivity contribution in [2.45, 2.75) is 0 Å². The first-order valence-electron chi connectivity index (χ1n) is 18.8. The van der Waals surface area contributed by atoms with E-state index in [1.54, 1.807) is 0 Å². The summed E-state index contributed by atoms with van der Waals surface area (Å²) < 4.78 is 2.60. The van der Waals surface area contributed by atoms with Gasteiger partial charge in [-0.15, -0.1) is 11.3 Å². The number of hydrogen-bond acceptors (Lipinski definition) is 2. The highest BCUT2D eigenvalue weighted by Gasteiger charge is 2.41. The van der Waals surface area contributed by atoms with Crippen molar-refractivity contribution in [1.29, 1.82) is 0 Å². The van der Waals surface area contributed by atoms with Gasteiger partial charge in [0.15, 0.2) is 8.07 Å². The molecule has 0 aliphatic heterocycles. The Kier molecular flexibility index (Phi) is 8.44. The number of anilines is 3. The molecule has 0 atom stereocenters. The van der Waals surface area contributed by atoms with Crippen LogP contribution in [0.1, 0.15) is 0 Å². The summed E-state index contributed by atoms with van der Waals surface area (Å²) in [5, 5.41) is 10.5. The van der Waals surface area contributed by atoms with Crippen LogP contribution >= 0.6 is 11.3 Å². The Morgan fingerprint density at radius 1 is 0.327 bits per heavy atom. The lowest BCUT2D eigenvalue weighted by Crippen LogP contribution is -2.74. The van der Waals surface area contributed by atoms with Crippen LogP contribution < -0.4 is 25.6 Å². The molecule has 0 fully saturated rings. The molecule has 9 aromatic carbocycles. The molecule has 0 aliphatic rings. The first kappa shape index (κ1) is 33.1. The van der Waals surface area contributed by atoms with Crippen molar-refractivity contribution in [2.24, 2.45) is 0 Å². The quantitative estimate of drug-likeness (QED) is 0.111. The molecule has 0 saturated carbocycles. The van der Waals surface area contributed by atoms with Crippen LogP contribution in [0.25, 0.3) is 42.1 Å². The van der Waals surface area contributed by atoms with Gasteiger partial charge in [-0.25, -0.2) is 0 Å². The summed E-state index contributed by atoms with van der Waals surface area (Å²) in [7, 11) is -2.67. The van der Waals surface area contributed by atoms with E-state index in [2.05, 4.69) is 229 Å². The van der Waals surface area contributed by atoms with Crippen molar-refractivity contribution in [1.82, 2.24) is 0 Å². The molecule has 0 bridgehead atoms. The van der Waals surface area contributed by atoms with Gasteiger partial charge in [0.2, 0.25) is 0 Å². The number of nitrogens with zero attached hydrogens (tertiary/aromatic N) is 1. The van der Waals surface area contributed by atoms with E-state index in [0.29, 0.717) is 0 Å². The third kappa shape index (κ3) is 5.77. The lowest BCUT2D eigenvalue weighted by molar-refractivity contribution is 1.31. The molecule has 260 valence electrons. The van der Waals surface area contributed by atoms with Gasteiger partial charge in [-0.3, -0.25) is 0 Å². The van der Waals surface area contributed by atoms with Gasteiger partial charge in [-0.2, -0.15) is 0 Å².